The minimum Gasteiger partial charge on any atom is -0.406 e. The molecule has 2 N–H and O–H groups in total. The number of halogens is 3. The quantitative estimate of drug-likeness (QED) is 0.344. The van der Waals surface area contributed by atoms with E-state index in [2.05, 4.69) is 25.5 Å². The van der Waals surface area contributed by atoms with Gasteiger partial charge in [-0.3, -0.25) is 14.4 Å². The molecule has 0 atom stereocenters. The maximum atomic E-state index is 12.9. The summed E-state index contributed by atoms with van der Waals surface area (Å²) in [4.78, 5) is 42.6. The summed E-state index contributed by atoms with van der Waals surface area (Å²) in [6.07, 6.45) is -3.41. The smallest absolute Gasteiger partial charge is 0.406 e. The van der Waals surface area contributed by atoms with Gasteiger partial charge in [0, 0.05) is 23.6 Å². The Morgan fingerprint density at radius 3 is 2.53 bits per heavy atom. The predicted molar refractivity (Wildman–Crippen MR) is 123 cm³/mol. The van der Waals surface area contributed by atoms with E-state index in [1.807, 2.05) is 0 Å². The zero-order valence-corrected chi connectivity index (χ0v) is 19.4. The molecule has 3 heterocycles. The number of alkyl halides is 3. The molecule has 1 aromatic carbocycles. The lowest BCUT2D eigenvalue weighted by atomic mass is 10.2. The molecule has 3 aromatic heterocycles. The third-order valence-corrected chi connectivity index (χ3v) is 6.03. The highest BCUT2D eigenvalue weighted by atomic mass is 32.1. The highest BCUT2D eigenvalue weighted by Crippen LogP contribution is 2.23. The lowest BCUT2D eigenvalue weighted by Gasteiger charge is -2.11. The van der Waals surface area contributed by atoms with Crippen LogP contribution in [0.4, 0.5) is 13.2 Å². The Balaban J connectivity index is 1.47. The van der Waals surface area contributed by atoms with Crippen LogP contribution in [0.25, 0.3) is 5.65 Å². The summed E-state index contributed by atoms with van der Waals surface area (Å²) in [5.41, 5.74) is 0.600. The van der Waals surface area contributed by atoms with Gasteiger partial charge in [0.1, 0.15) is 17.1 Å². The molecule has 4 rings (SSSR count). The van der Waals surface area contributed by atoms with Crippen LogP contribution >= 0.6 is 11.3 Å². The number of nitrogens with zero attached hydrogens (tertiary/aromatic N) is 3. The van der Waals surface area contributed by atoms with Gasteiger partial charge >= 0.3 is 6.36 Å². The first-order valence-electron chi connectivity index (χ1n) is 10.4. The molecule has 4 aromatic rings. The summed E-state index contributed by atoms with van der Waals surface area (Å²) in [5.74, 6) is -1.64. The van der Waals surface area contributed by atoms with E-state index < -0.39 is 23.9 Å². The molecule has 0 unspecified atom stereocenters. The molecule has 0 aliphatic rings. The number of thiophene rings is 1. The van der Waals surface area contributed by atoms with E-state index in [-0.39, 0.29) is 35.9 Å². The van der Waals surface area contributed by atoms with E-state index in [0.717, 1.165) is 17.0 Å². The standard InChI is InChI=1S/C23H18F3N5O4S/c1-13(32)19-6-5-16(36-19)12-28-22(34)18-10-17(30-20-7-8-29-31(18)20)21(33)27-11-14-3-2-4-15(9-14)35-23(24,25)26/h2-10H,11-12H2,1H3,(H,27,33)(H,28,34). The van der Waals surface area contributed by atoms with Gasteiger partial charge in [-0.2, -0.15) is 5.10 Å². The Bertz CT molecular complexity index is 1450. The van der Waals surface area contributed by atoms with Gasteiger partial charge in [-0.1, -0.05) is 12.1 Å². The number of fused-ring (bicyclic) bond motifs is 1. The van der Waals surface area contributed by atoms with Crippen LogP contribution in [0.3, 0.4) is 0 Å². The van der Waals surface area contributed by atoms with Crippen molar-refractivity contribution in [2.75, 3.05) is 0 Å². The number of hydrogen-bond donors (Lipinski definition) is 2. The normalized spacial score (nSPS) is 11.3. The molecule has 0 saturated heterocycles. The van der Waals surface area contributed by atoms with Crippen LogP contribution in [0.1, 0.15) is 48.0 Å². The van der Waals surface area contributed by atoms with Gasteiger partial charge in [0.05, 0.1) is 17.6 Å². The summed E-state index contributed by atoms with van der Waals surface area (Å²) in [7, 11) is 0. The third kappa shape index (κ3) is 6.05. The van der Waals surface area contributed by atoms with E-state index in [9.17, 15) is 27.6 Å². The number of ketones is 1. The van der Waals surface area contributed by atoms with Crippen LogP contribution < -0.4 is 15.4 Å². The number of ether oxygens (including phenoxy) is 1. The fourth-order valence-corrected chi connectivity index (χ4v) is 4.08. The van der Waals surface area contributed by atoms with Crippen LogP contribution in [0.5, 0.6) is 5.75 Å². The molecule has 0 fully saturated rings. The minimum atomic E-state index is -4.83. The van der Waals surface area contributed by atoms with E-state index >= 15 is 0 Å². The number of carbonyl (C=O) groups excluding carboxylic acids is 3. The molecule has 2 amide bonds. The molecular formula is C23H18F3N5O4S. The second kappa shape index (κ2) is 10.2. The average molecular weight is 517 g/mol. The first-order chi connectivity index (χ1) is 17.1. The van der Waals surface area contributed by atoms with Gasteiger partial charge in [-0.25, -0.2) is 9.50 Å². The SMILES string of the molecule is CC(=O)c1ccc(CNC(=O)c2cc(C(=O)NCc3cccc(OC(F)(F)F)c3)nc3ccnn23)s1. The molecular weight excluding hydrogens is 499 g/mol. The molecule has 0 bridgehead atoms. The van der Waals surface area contributed by atoms with E-state index in [0.29, 0.717) is 10.4 Å². The van der Waals surface area contributed by atoms with Gasteiger partial charge in [0.2, 0.25) is 0 Å². The summed E-state index contributed by atoms with van der Waals surface area (Å²) < 4.78 is 42.5. The molecule has 13 heteroatoms. The van der Waals surface area contributed by atoms with Crippen molar-refractivity contribution in [1.29, 1.82) is 0 Å². The molecule has 0 saturated carbocycles. The summed E-state index contributed by atoms with van der Waals surface area (Å²) in [6.45, 7) is 1.53. The largest absolute Gasteiger partial charge is 0.573 e. The van der Waals surface area contributed by atoms with Crippen LogP contribution in [0.15, 0.2) is 54.7 Å². The minimum absolute atomic E-state index is 0.0547. The van der Waals surface area contributed by atoms with Crippen LogP contribution in [0.2, 0.25) is 0 Å². The molecule has 0 aliphatic heterocycles. The van der Waals surface area contributed by atoms with E-state index in [1.165, 1.54) is 53.2 Å². The van der Waals surface area contributed by atoms with Gasteiger partial charge in [-0.05, 0) is 36.8 Å². The number of hydrogen-bond acceptors (Lipinski definition) is 7. The van der Waals surface area contributed by atoms with Crippen molar-refractivity contribution in [2.24, 2.45) is 0 Å². The van der Waals surface area contributed by atoms with Crippen molar-refractivity contribution in [1.82, 2.24) is 25.2 Å². The van der Waals surface area contributed by atoms with Crippen molar-refractivity contribution in [3.8, 4) is 5.75 Å². The van der Waals surface area contributed by atoms with Gasteiger partial charge in [0.25, 0.3) is 11.8 Å². The zero-order valence-electron chi connectivity index (χ0n) is 18.6. The first-order valence-corrected chi connectivity index (χ1v) is 11.3. The summed E-state index contributed by atoms with van der Waals surface area (Å²) in [5, 5.41) is 9.37. The van der Waals surface area contributed by atoms with E-state index in [4.69, 9.17) is 0 Å². The van der Waals surface area contributed by atoms with Crippen LogP contribution in [-0.4, -0.2) is 38.6 Å². The molecule has 9 nitrogen and oxygen atoms in total. The van der Waals surface area contributed by atoms with Crippen LogP contribution in [-0.2, 0) is 13.1 Å². The Labute approximate surface area is 205 Å². The number of amides is 2. The van der Waals surface area contributed by atoms with Crippen molar-refractivity contribution in [2.45, 2.75) is 26.4 Å². The Morgan fingerprint density at radius 1 is 1.03 bits per heavy atom. The van der Waals surface area contributed by atoms with Gasteiger partial charge < -0.3 is 15.4 Å². The summed E-state index contributed by atoms with van der Waals surface area (Å²) >= 11 is 1.27. The number of aromatic nitrogens is 3. The fraction of sp³-hybridized carbons (Fsp3) is 0.174. The maximum absolute atomic E-state index is 12.9. The lowest BCUT2D eigenvalue weighted by molar-refractivity contribution is -0.274. The van der Waals surface area contributed by atoms with Crippen molar-refractivity contribution < 1.29 is 32.3 Å². The highest BCUT2D eigenvalue weighted by Gasteiger charge is 2.31. The predicted octanol–water partition coefficient (Wildman–Crippen LogP) is 3.75. The highest BCUT2D eigenvalue weighted by molar-refractivity contribution is 7.14. The monoisotopic (exact) mass is 517 g/mol. The second-order valence-electron chi connectivity index (χ2n) is 7.51. The molecule has 0 aliphatic carbocycles. The number of nitrogens with one attached hydrogen (secondary N) is 2. The maximum Gasteiger partial charge on any atom is 0.573 e. The number of benzene rings is 1. The molecule has 0 radical (unpaired) electrons. The molecule has 36 heavy (non-hydrogen) atoms. The average Bonchev–Trinajstić information content (AvgIpc) is 3.49. The second-order valence-corrected chi connectivity index (χ2v) is 8.68. The van der Waals surface area contributed by atoms with Gasteiger partial charge in [-0.15, -0.1) is 24.5 Å². The Morgan fingerprint density at radius 2 is 1.81 bits per heavy atom. The molecule has 186 valence electrons. The number of Topliss-reactive ketones (excluding diaryl/α,β-unsaturated/α-hetero) is 1. The van der Waals surface area contributed by atoms with Crippen molar-refractivity contribution >= 4 is 34.6 Å². The van der Waals surface area contributed by atoms with Crippen molar-refractivity contribution in [3.05, 3.63) is 81.4 Å². The van der Waals surface area contributed by atoms with Gasteiger partial charge in [0.15, 0.2) is 11.4 Å². The Hall–Kier alpha value is -4.26. The zero-order chi connectivity index (χ0) is 25.9. The lowest BCUT2D eigenvalue weighted by Crippen LogP contribution is -2.28. The Kier molecular flexibility index (Phi) is 7.01. The number of carbonyl (C=O) groups is 3. The summed E-state index contributed by atoms with van der Waals surface area (Å²) in [6, 6.07) is 11.4. The number of rotatable bonds is 8. The van der Waals surface area contributed by atoms with Crippen LogP contribution in [0, 0.1) is 0 Å². The van der Waals surface area contributed by atoms with E-state index in [1.54, 1.807) is 12.1 Å². The van der Waals surface area contributed by atoms with Crippen molar-refractivity contribution in [3.63, 3.8) is 0 Å². The topological polar surface area (TPSA) is 115 Å². The third-order valence-electron chi connectivity index (χ3n) is 4.84. The first kappa shape index (κ1) is 24.9. The fourth-order valence-electron chi connectivity index (χ4n) is 3.24. The molecule has 0 spiro atoms.